The van der Waals surface area contributed by atoms with Crippen LogP contribution in [0.2, 0.25) is 0 Å². The minimum atomic E-state index is -0.0900. The first-order valence-corrected chi connectivity index (χ1v) is 9.46. The third-order valence-corrected chi connectivity index (χ3v) is 4.78. The number of carbonyl (C=O) groups excluding carboxylic acids is 1. The highest BCUT2D eigenvalue weighted by Gasteiger charge is 2.33. The van der Waals surface area contributed by atoms with Crippen LogP contribution in [0.5, 0.6) is 5.75 Å². The zero-order chi connectivity index (χ0) is 18.5. The highest BCUT2D eigenvalue weighted by atomic mass is 35.5. The molecule has 1 fully saturated rings. The van der Waals surface area contributed by atoms with Crippen LogP contribution in [-0.2, 0) is 0 Å². The summed E-state index contributed by atoms with van der Waals surface area (Å²) in [5, 5.41) is 4.56. The van der Waals surface area contributed by atoms with Crippen LogP contribution in [0.1, 0.15) is 50.0 Å². The van der Waals surface area contributed by atoms with Gasteiger partial charge in [-0.2, -0.15) is 5.10 Å². The number of piperidine rings is 1. The molecule has 1 amide bonds. The van der Waals surface area contributed by atoms with Crippen molar-refractivity contribution in [2.24, 2.45) is 5.73 Å². The Bertz CT molecular complexity index is 733. The van der Waals surface area contributed by atoms with Crippen LogP contribution in [0.25, 0.3) is 5.69 Å². The minimum absolute atomic E-state index is 0. The van der Waals surface area contributed by atoms with E-state index < -0.39 is 0 Å². The molecule has 1 aromatic heterocycles. The lowest BCUT2D eigenvalue weighted by Gasteiger charge is -2.37. The number of aromatic nitrogens is 2. The van der Waals surface area contributed by atoms with E-state index in [-0.39, 0.29) is 30.4 Å². The number of ether oxygens (including phenoxy) is 1. The molecule has 7 heteroatoms. The number of rotatable bonds is 6. The van der Waals surface area contributed by atoms with E-state index in [9.17, 15) is 4.79 Å². The van der Waals surface area contributed by atoms with E-state index in [1.807, 2.05) is 49.1 Å². The van der Waals surface area contributed by atoms with Gasteiger partial charge in [-0.15, -0.1) is 12.4 Å². The van der Waals surface area contributed by atoms with Gasteiger partial charge in [-0.25, -0.2) is 4.68 Å². The van der Waals surface area contributed by atoms with Gasteiger partial charge in [0.25, 0.3) is 5.91 Å². The van der Waals surface area contributed by atoms with Crippen molar-refractivity contribution in [1.29, 1.82) is 0 Å². The van der Waals surface area contributed by atoms with E-state index in [0.29, 0.717) is 18.1 Å². The Kier molecular flexibility index (Phi) is 7.68. The molecule has 0 bridgehead atoms. The Balaban J connectivity index is 0.00000261. The summed E-state index contributed by atoms with van der Waals surface area (Å²) in [5.74, 6) is 0.447. The first kappa shape index (κ1) is 21.3. The van der Waals surface area contributed by atoms with Crippen molar-refractivity contribution in [1.82, 2.24) is 14.7 Å². The maximum atomic E-state index is 13.3. The summed E-state index contributed by atoms with van der Waals surface area (Å²) in [6.07, 6.45) is 5.71. The van der Waals surface area contributed by atoms with Gasteiger partial charge < -0.3 is 15.4 Å². The predicted octanol–water partition coefficient (Wildman–Crippen LogP) is 3.42. The standard InChI is InChI=1S/C20H28N4O2.ClH/c1-3-13-26-18-14-24(16-9-5-4-6-10-16)22-19(18)20(25)23-12-8-7-11-17(23)15(2)21;/h4-6,9-10,14-15,17H,3,7-8,11-13,21H2,1-2H3;1H. The lowest BCUT2D eigenvalue weighted by Crippen LogP contribution is -2.51. The molecule has 1 aliphatic rings. The quantitative estimate of drug-likeness (QED) is 0.817. The molecular formula is C20H29ClN4O2. The number of halogens is 1. The number of hydrogen-bond acceptors (Lipinski definition) is 4. The van der Waals surface area contributed by atoms with Crippen molar-refractivity contribution >= 4 is 18.3 Å². The van der Waals surface area contributed by atoms with Crippen LogP contribution in [0.3, 0.4) is 0 Å². The van der Waals surface area contributed by atoms with Gasteiger partial charge >= 0.3 is 0 Å². The highest BCUT2D eigenvalue weighted by molar-refractivity contribution is 5.95. The smallest absolute Gasteiger partial charge is 0.278 e. The summed E-state index contributed by atoms with van der Waals surface area (Å²) in [6.45, 7) is 5.28. The Labute approximate surface area is 167 Å². The van der Waals surface area contributed by atoms with Gasteiger partial charge in [-0.1, -0.05) is 25.1 Å². The molecule has 1 aliphatic heterocycles. The number of likely N-dealkylation sites (tertiary alicyclic amines) is 1. The molecule has 148 valence electrons. The Morgan fingerprint density at radius 1 is 1.33 bits per heavy atom. The molecule has 6 nitrogen and oxygen atoms in total. The topological polar surface area (TPSA) is 73.4 Å². The number of hydrogen-bond donors (Lipinski definition) is 1. The summed E-state index contributed by atoms with van der Waals surface area (Å²) in [6, 6.07) is 9.75. The Morgan fingerprint density at radius 2 is 2.07 bits per heavy atom. The van der Waals surface area contributed by atoms with Crippen molar-refractivity contribution in [3.05, 3.63) is 42.2 Å². The minimum Gasteiger partial charge on any atom is -0.489 e. The van der Waals surface area contributed by atoms with Gasteiger partial charge in [-0.3, -0.25) is 4.79 Å². The fourth-order valence-electron chi connectivity index (χ4n) is 3.43. The summed E-state index contributed by atoms with van der Waals surface area (Å²) in [7, 11) is 0. The molecule has 3 rings (SSSR count). The molecule has 0 spiro atoms. The first-order valence-electron chi connectivity index (χ1n) is 9.46. The van der Waals surface area contributed by atoms with Crippen LogP contribution in [0.15, 0.2) is 36.5 Å². The molecule has 2 unspecified atom stereocenters. The summed E-state index contributed by atoms with van der Waals surface area (Å²) >= 11 is 0. The van der Waals surface area contributed by atoms with Crippen LogP contribution in [0, 0.1) is 0 Å². The second kappa shape index (κ2) is 9.76. The monoisotopic (exact) mass is 392 g/mol. The Morgan fingerprint density at radius 3 is 2.74 bits per heavy atom. The number of amides is 1. The van der Waals surface area contributed by atoms with Gasteiger partial charge in [0.15, 0.2) is 11.4 Å². The van der Waals surface area contributed by atoms with Crippen molar-refractivity contribution in [2.75, 3.05) is 13.2 Å². The lowest BCUT2D eigenvalue weighted by molar-refractivity contribution is 0.0573. The first-order chi connectivity index (χ1) is 12.6. The van der Waals surface area contributed by atoms with Crippen LogP contribution in [0.4, 0.5) is 0 Å². The Hall–Kier alpha value is -2.05. The van der Waals surface area contributed by atoms with Gasteiger partial charge in [-0.05, 0) is 44.7 Å². The third kappa shape index (κ3) is 4.82. The fraction of sp³-hybridized carbons (Fsp3) is 0.500. The van der Waals surface area contributed by atoms with Crippen molar-refractivity contribution in [3.8, 4) is 11.4 Å². The molecule has 2 atom stereocenters. The predicted molar refractivity (Wildman–Crippen MR) is 109 cm³/mol. The average molecular weight is 393 g/mol. The molecular weight excluding hydrogens is 364 g/mol. The summed E-state index contributed by atoms with van der Waals surface area (Å²) < 4.78 is 7.55. The van der Waals surface area contributed by atoms with Crippen LogP contribution < -0.4 is 10.5 Å². The molecule has 2 N–H and O–H groups in total. The molecule has 0 aliphatic carbocycles. The second-order valence-electron chi connectivity index (χ2n) is 6.89. The SMILES string of the molecule is CCCOc1cn(-c2ccccc2)nc1C(=O)N1CCCCC1C(C)N.Cl. The summed E-state index contributed by atoms with van der Waals surface area (Å²) in [5.41, 5.74) is 7.41. The average Bonchev–Trinajstić information content (AvgIpc) is 3.10. The molecule has 1 saturated heterocycles. The second-order valence-corrected chi connectivity index (χ2v) is 6.89. The van der Waals surface area contributed by atoms with Crippen molar-refractivity contribution < 1.29 is 9.53 Å². The van der Waals surface area contributed by atoms with E-state index >= 15 is 0 Å². The lowest BCUT2D eigenvalue weighted by atomic mass is 9.96. The van der Waals surface area contributed by atoms with Gasteiger partial charge in [0.2, 0.25) is 0 Å². The number of para-hydroxylation sites is 1. The number of nitrogens with two attached hydrogens (primary N) is 1. The number of benzene rings is 1. The van der Waals surface area contributed by atoms with Gasteiger partial charge in [0.1, 0.15) is 0 Å². The van der Waals surface area contributed by atoms with E-state index in [0.717, 1.165) is 37.9 Å². The van der Waals surface area contributed by atoms with Crippen molar-refractivity contribution in [2.45, 2.75) is 51.6 Å². The summed E-state index contributed by atoms with van der Waals surface area (Å²) in [4.78, 5) is 15.1. The largest absolute Gasteiger partial charge is 0.489 e. The van der Waals surface area contributed by atoms with Crippen LogP contribution in [-0.4, -0.2) is 45.8 Å². The molecule has 1 aromatic carbocycles. The van der Waals surface area contributed by atoms with Crippen LogP contribution >= 0.6 is 12.4 Å². The number of nitrogens with zero attached hydrogens (tertiary/aromatic N) is 3. The molecule has 0 saturated carbocycles. The maximum absolute atomic E-state index is 13.3. The highest BCUT2D eigenvalue weighted by Crippen LogP contribution is 2.26. The van der Waals surface area contributed by atoms with Crippen molar-refractivity contribution in [3.63, 3.8) is 0 Å². The van der Waals surface area contributed by atoms with E-state index in [2.05, 4.69) is 5.10 Å². The zero-order valence-corrected chi connectivity index (χ0v) is 16.8. The zero-order valence-electron chi connectivity index (χ0n) is 16.0. The maximum Gasteiger partial charge on any atom is 0.278 e. The molecule has 2 heterocycles. The molecule has 2 aromatic rings. The van der Waals surface area contributed by atoms with Gasteiger partial charge in [0.05, 0.1) is 18.5 Å². The van der Waals surface area contributed by atoms with E-state index in [1.165, 1.54) is 0 Å². The number of carbonyl (C=O) groups is 1. The van der Waals surface area contributed by atoms with Gasteiger partial charge in [0, 0.05) is 18.6 Å². The molecule has 0 radical (unpaired) electrons. The van der Waals surface area contributed by atoms with E-state index in [1.54, 1.807) is 10.9 Å². The molecule has 27 heavy (non-hydrogen) atoms. The third-order valence-electron chi connectivity index (χ3n) is 4.78. The normalized spacial score (nSPS) is 17.9. The van der Waals surface area contributed by atoms with E-state index in [4.69, 9.17) is 10.5 Å². The fourth-order valence-corrected chi connectivity index (χ4v) is 3.43.